The van der Waals surface area contributed by atoms with Gasteiger partial charge in [0.25, 0.3) is 5.91 Å². The van der Waals surface area contributed by atoms with Crippen LogP contribution in [-0.2, 0) is 33.4 Å². The van der Waals surface area contributed by atoms with E-state index in [1.54, 1.807) is 67.8 Å². The Morgan fingerprint density at radius 3 is 2.49 bits per heavy atom. The van der Waals surface area contributed by atoms with Crippen molar-refractivity contribution in [2.45, 2.75) is 60.4 Å². The zero-order valence-corrected chi connectivity index (χ0v) is 30.5. The smallest absolute Gasteiger partial charge is 0.313 e. The summed E-state index contributed by atoms with van der Waals surface area (Å²) in [6, 6.07) is 14.2. The number of amides is 3. The Bertz CT molecular complexity index is 1570. The summed E-state index contributed by atoms with van der Waals surface area (Å²) in [6.07, 6.45) is 2.69. The molecule has 2 bridgehead atoms. The maximum atomic E-state index is 14.7. The molecule has 2 aromatic carbocycles. The van der Waals surface area contributed by atoms with Crippen LogP contribution in [0.25, 0.3) is 0 Å². The van der Waals surface area contributed by atoms with Gasteiger partial charge in [-0.3, -0.25) is 19.2 Å². The first-order valence-electron chi connectivity index (χ1n) is 17.1. The number of hydrogen-bond acceptors (Lipinski definition) is 9. The van der Waals surface area contributed by atoms with E-state index in [1.807, 2.05) is 6.07 Å². The summed E-state index contributed by atoms with van der Waals surface area (Å²) < 4.78 is 23.7. The van der Waals surface area contributed by atoms with Crippen LogP contribution >= 0.6 is 15.9 Å². The number of carbonyl (C=O) groups excluding carboxylic acids is 4. The van der Waals surface area contributed by atoms with Gasteiger partial charge in [-0.1, -0.05) is 58.4 Å². The van der Waals surface area contributed by atoms with Crippen molar-refractivity contribution in [2.75, 3.05) is 45.4 Å². The average molecular weight is 769 g/mol. The highest BCUT2D eigenvalue weighted by Gasteiger charge is 2.77. The lowest BCUT2D eigenvalue weighted by Crippen LogP contribution is -2.57. The van der Waals surface area contributed by atoms with E-state index < -0.39 is 59.5 Å². The van der Waals surface area contributed by atoms with Crippen LogP contribution in [0.5, 0.6) is 5.75 Å². The third kappa shape index (κ3) is 7.62. The number of likely N-dealkylation sites (tertiary alicyclic amines) is 1. The van der Waals surface area contributed by atoms with Crippen molar-refractivity contribution < 1.29 is 43.2 Å². The Hall–Kier alpha value is -4.04. The maximum absolute atomic E-state index is 14.7. The summed E-state index contributed by atoms with van der Waals surface area (Å²) in [6.45, 7) is 7.60. The van der Waals surface area contributed by atoms with E-state index in [1.165, 1.54) is 16.9 Å². The molecule has 274 valence electrons. The van der Waals surface area contributed by atoms with Crippen LogP contribution < -0.4 is 15.0 Å². The Morgan fingerprint density at radius 2 is 1.86 bits per heavy atom. The summed E-state index contributed by atoms with van der Waals surface area (Å²) in [5.74, 6) is -3.24. The van der Waals surface area contributed by atoms with E-state index in [0.717, 1.165) is 0 Å². The standard InChI is InChI=1S/C38H46BrN3O9/c1-5-7-14-29(44)40-28(23-48-3)32(24-12-9-8-10-13-24)50-37(47)30-31-35(45)42(20-11-21-43)34(38(31)22-27(39)33(30)51-38)36(46)41(19-6-2)25-15-17-26(49-4)18-16-25/h5-6,8-10,12-13,15-18,27-28,30-34,43H,1-2,7,11,14,19-23H2,3-4H3,(H,40,44)/t27?,28-,30-,31+,32-,33-,34-,38+/m1/s1. The number of fused-ring (bicyclic) bond motifs is 1. The van der Waals surface area contributed by atoms with Gasteiger partial charge in [0.2, 0.25) is 11.8 Å². The molecule has 1 unspecified atom stereocenters. The SMILES string of the molecule is C=CCCC(=O)N[C@H](COC)[C@H](OC(=O)[C@H]1[C@@H]2O[C@@]3(CC2Br)[C@@H]1C(=O)N(CCCO)[C@@H]3C(=O)N(CC=C)c1ccc(OC)cc1)c1ccccc1. The highest BCUT2D eigenvalue weighted by atomic mass is 79.9. The normalized spacial score (nSPS) is 25.8. The van der Waals surface area contributed by atoms with Gasteiger partial charge in [-0.25, -0.2) is 0 Å². The summed E-state index contributed by atoms with van der Waals surface area (Å²) in [5.41, 5.74) is -0.162. The molecule has 0 aliphatic carbocycles. The highest BCUT2D eigenvalue weighted by Crippen LogP contribution is 2.60. The molecule has 8 atom stereocenters. The second-order valence-electron chi connectivity index (χ2n) is 12.9. The number of ether oxygens (including phenoxy) is 4. The maximum Gasteiger partial charge on any atom is 0.313 e. The lowest BCUT2D eigenvalue weighted by Gasteiger charge is -2.37. The predicted octanol–water partition coefficient (Wildman–Crippen LogP) is 3.73. The molecule has 0 aromatic heterocycles. The van der Waals surface area contributed by atoms with E-state index in [2.05, 4.69) is 34.4 Å². The number of alkyl halides is 1. The van der Waals surface area contributed by atoms with E-state index >= 15 is 0 Å². The second-order valence-corrected chi connectivity index (χ2v) is 14.1. The number of nitrogens with zero attached hydrogens (tertiary/aromatic N) is 2. The van der Waals surface area contributed by atoms with Gasteiger partial charge in [0.1, 0.15) is 23.5 Å². The molecule has 1 spiro atoms. The number of rotatable bonds is 18. The fourth-order valence-corrected chi connectivity index (χ4v) is 8.59. The van der Waals surface area contributed by atoms with Gasteiger partial charge < -0.3 is 39.2 Å². The Balaban J connectivity index is 1.51. The molecule has 3 amide bonds. The van der Waals surface area contributed by atoms with Gasteiger partial charge in [-0.15, -0.1) is 13.2 Å². The monoisotopic (exact) mass is 767 g/mol. The van der Waals surface area contributed by atoms with Gasteiger partial charge in [-0.05, 0) is 49.1 Å². The molecule has 2 N–H and O–H groups in total. The van der Waals surface area contributed by atoms with Crippen molar-refractivity contribution >= 4 is 45.3 Å². The molecule has 2 aromatic rings. The average Bonchev–Trinajstić information content (AvgIpc) is 3.73. The molecule has 3 aliphatic rings. The Morgan fingerprint density at radius 1 is 1.14 bits per heavy atom. The Labute approximate surface area is 306 Å². The lowest BCUT2D eigenvalue weighted by atomic mass is 9.70. The first kappa shape index (κ1) is 38.2. The van der Waals surface area contributed by atoms with Crippen LogP contribution in [0.4, 0.5) is 5.69 Å². The van der Waals surface area contributed by atoms with Gasteiger partial charge in [0.05, 0.1) is 37.7 Å². The van der Waals surface area contributed by atoms with Crippen molar-refractivity contribution in [1.82, 2.24) is 10.2 Å². The van der Waals surface area contributed by atoms with E-state index in [0.29, 0.717) is 29.8 Å². The third-order valence-electron chi connectivity index (χ3n) is 9.82. The summed E-state index contributed by atoms with van der Waals surface area (Å²) in [4.78, 5) is 59.2. The number of nitrogens with one attached hydrogen (secondary N) is 1. The minimum atomic E-state index is -1.36. The molecule has 0 saturated carbocycles. The van der Waals surface area contributed by atoms with Crippen molar-refractivity contribution in [3.8, 4) is 5.75 Å². The first-order valence-corrected chi connectivity index (χ1v) is 18.0. The molecular formula is C38H46BrN3O9. The van der Waals surface area contributed by atoms with Crippen LogP contribution in [0.3, 0.4) is 0 Å². The van der Waals surface area contributed by atoms with Crippen molar-refractivity contribution in [1.29, 1.82) is 0 Å². The molecule has 12 nitrogen and oxygen atoms in total. The molecular weight excluding hydrogens is 722 g/mol. The molecule has 3 heterocycles. The zero-order chi connectivity index (χ0) is 36.7. The number of benzene rings is 2. The number of allylic oxidation sites excluding steroid dienone is 1. The van der Waals surface area contributed by atoms with E-state index in [9.17, 15) is 24.3 Å². The van der Waals surface area contributed by atoms with Gasteiger partial charge in [-0.2, -0.15) is 0 Å². The number of carbonyl (C=O) groups is 4. The van der Waals surface area contributed by atoms with Gasteiger partial charge in [0.15, 0.2) is 0 Å². The molecule has 3 saturated heterocycles. The van der Waals surface area contributed by atoms with Crippen LogP contribution in [-0.4, -0.2) is 103 Å². The molecule has 3 aliphatic heterocycles. The molecule has 13 heteroatoms. The molecule has 5 rings (SSSR count). The number of esters is 1. The molecule has 51 heavy (non-hydrogen) atoms. The van der Waals surface area contributed by atoms with Gasteiger partial charge in [0, 0.05) is 43.7 Å². The summed E-state index contributed by atoms with van der Waals surface area (Å²) in [5, 5.41) is 12.7. The van der Waals surface area contributed by atoms with Crippen LogP contribution in [0.1, 0.15) is 37.4 Å². The predicted molar refractivity (Wildman–Crippen MR) is 193 cm³/mol. The number of aliphatic hydroxyl groups excluding tert-OH is 1. The number of methoxy groups -OCH3 is 2. The van der Waals surface area contributed by atoms with E-state index in [-0.39, 0.29) is 49.9 Å². The number of hydrogen-bond donors (Lipinski definition) is 2. The van der Waals surface area contributed by atoms with Crippen molar-refractivity contribution in [3.05, 3.63) is 85.5 Å². The fourth-order valence-electron chi connectivity index (χ4n) is 7.65. The van der Waals surface area contributed by atoms with Gasteiger partial charge >= 0.3 is 5.97 Å². The van der Waals surface area contributed by atoms with Crippen molar-refractivity contribution in [2.24, 2.45) is 11.8 Å². The Kier molecular flexibility index (Phi) is 12.7. The van der Waals surface area contributed by atoms with Crippen LogP contribution in [0.2, 0.25) is 0 Å². The lowest BCUT2D eigenvalue weighted by molar-refractivity contribution is -0.163. The minimum absolute atomic E-state index is 0.0423. The van der Waals surface area contributed by atoms with Crippen molar-refractivity contribution in [3.63, 3.8) is 0 Å². The zero-order valence-electron chi connectivity index (χ0n) is 28.9. The minimum Gasteiger partial charge on any atom is -0.497 e. The topological polar surface area (TPSA) is 144 Å². The fraction of sp³-hybridized carbons (Fsp3) is 0.474. The quantitative estimate of drug-likeness (QED) is 0.132. The molecule has 3 fully saturated rings. The van der Waals surface area contributed by atoms with E-state index in [4.69, 9.17) is 18.9 Å². The summed E-state index contributed by atoms with van der Waals surface area (Å²) >= 11 is 3.71. The highest BCUT2D eigenvalue weighted by molar-refractivity contribution is 9.09. The first-order chi connectivity index (χ1) is 24.6. The number of anilines is 1. The third-order valence-corrected chi connectivity index (χ3v) is 10.7. The number of halogens is 1. The van der Waals surface area contributed by atoms with Crippen LogP contribution in [0, 0.1) is 11.8 Å². The summed E-state index contributed by atoms with van der Waals surface area (Å²) in [7, 11) is 3.04. The molecule has 0 radical (unpaired) electrons. The van der Waals surface area contributed by atoms with Crippen LogP contribution in [0.15, 0.2) is 79.9 Å². The second kappa shape index (κ2) is 17.0. The number of aliphatic hydroxyl groups is 1. The largest absolute Gasteiger partial charge is 0.497 e.